The highest BCUT2D eigenvalue weighted by molar-refractivity contribution is 5.92. The van der Waals surface area contributed by atoms with Crippen molar-refractivity contribution in [2.45, 2.75) is 19.5 Å². The number of pyridine rings is 1. The second kappa shape index (κ2) is 5.43. The molecular formula is C16H17N3O. The van der Waals surface area contributed by atoms with Crippen molar-refractivity contribution >= 4 is 5.91 Å². The van der Waals surface area contributed by atoms with Crippen LogP contribution >= 0.6 is 0 Å². The van der Waals surface area contributed by atoms with Crippen LogP contribution in [0.5, 0.6) is 0 Å². The zero-order chi connectivity index (χ0) is 13.9. The summed E-state index contributed by atoms with van der Waals surface area (Å²) in [6.45, 7) is 2.73. The van der Waals surface area contributed by atoms with Crippen LogP contribution in [0.4, 0.5) is 0 Å². The van der Waals surface area contributed by atoms with Crippen LogP contribution in [0.1, 0.15) is 27.2 Å². The van der Waals surface area contributed by atoms with Gasteiger partial charge in [0.1, 0.15) is 0 Å². The number of rotatable bonds is 3. The van der Waals surface area contributed by atoms with Crippen molar-refractivity contribution in [2.75, 3.05) is 6.54 Å². The number of carbonyl (C=O) groups is 1. The third-order valence-corrected chi connectivity index (χ3v) is 3.65. The molecule has 2 aromatic rings. The molecule has 3 rings (SSSR count). The molecule has 1 aromatic heterocycles. The van der Waals surface area contributed by atoms with Crippen LogP contribution in [0, 0.1) is 0 Å². The zero-order valence-electron chi connectivity index (χ0n) is 11.2. The van der Waals surface area contributed by atoms with Crippen molar-refractivity contribution < 1.29 is 4.79 Å². The molecule has 0 spiro atoms. The van der Waals surface area contributed by atoms with Crippen LogP contribution < -0.4 is 5.73 Å². The number of benzene rings is 1. The molecule has 1 aromatic carbocycles. The summed E-state index contributed by atoms with van der Waals surface area (Å²) in [7, 11) is 0. The Morgan fingerprint density at radius 1 is 1.30 bits per heavy atom. The van der Waals surface area contributed by atoms with Gasteiger partial charge in [-0.1, -0.05) is 30.3 Å². The summed E-state index contributed by atoms with van der Waals surface area (Å²) in [5.74, 6) is -0.416. The van der Waals surface area contributed by atoms with Crippen molar-refractivity contribution in [2.24, 2.45) is 5.73 Å². The molecule has 1 aliphatic heterocycles. The highest BCUT2D eigenvalue weighted by atomic mass is 16.1. The van der Waals surface area contributed by atoms with E-state index >= 15 is 0 Å². The molecule has 1 aliphatic rings. The topological polar surface area (TPSA) is 59.2 Å². The molecule has 0 bridgehead atoms. The van der Waals surface area contributed by atoms with E-state index in [1.807, 2.05) is 12.1 Å². The quantitative estimate of drug-likeness (QED) is 0.921. The van der Waals surface area contributed by atoms with Crippen LogP contribution in [0.25, 0.3) is 0 Å². The maximum absolute atomic E-state index is 11.2. The molecule has 20 heavy (non-hydrogen) atoms. The van der Waals surface area contributed by atoms with Gasteiger partial charge in [0.05, 0.1) is 5.56 Å². The van der Waals surface area contributed by atoms with Crippen LogP contribution in [-0.2, 0) is 19.5 Å². The van der Waals surface area contributed by atoms with Gasteiger partial charge in [0, 0.05) is 37.9 Å². The van der Waals surface area contributed by atoms with Crippen LogP contribution in [-0.4, -0.2) is 22.3 Å². The average Bonchev–Trinajstić information content (AvgIpc) is 2.47. The number of aromatic nitrogens is 1. The lowest BCUT2D eigenvalue weighted by atomic mass is 10.0. The van der Waals surface area contributed by atoms with E-state index < -0.39 is 5.91 Å². The Balaban J connectivity index is 1.77. The number of nitrogens with zero attached hydrogens (tertiary/aromatic N) is 2. The third kappa shape index (κ3) is 2.70. The molecule has 102 valence electrons. The van der Waals surface area contributed by atoms with Gasteiger partial charge in [-0.3, -0.25) is 14.7 Å². The highest BCUT2D eigenvalue weighted by Gasteiger charge is 2.18. The maximum Gasteiger partial charge on any atom is 0.250 e. The molecule has 0 saturated heterocycles. The number of amides is 1. The van der Waals surface area contributed by atoms with Gasteiger partial charge in [-0.05, 0) is 17.2 Å². The van der Waals surface area contributed by atoms with Crippen molar-refractivity contribution in [3.8, 4) is 0 Å². The molecule has 2 N–H and O–H groups in total. The predicted molar refractivity (Wildman–Crippen MR) is 77.0 cm³/mol. The van der Waals surface area contributed by atoms with Gasteiger partial charge in [-0.25, -0.2) is 0 Å². The number of primary amides is 1. The molecule has 4 heteroatoms. The first-order chi connectivity index (χ1) is 9.72. The minimum atomic E-state index is -0.416. The Labute approximate surface area is 118 Å². The van der Waals surface area contributed by atoms with Gasteiger partial charge in [0.15, 0.2) is 0 Å². The summed E-state index contributed by atoms with van der Waals surface area (Å²) < 4.78 is 0. The Morgan fingerprint density at radius 3 is 2.85 bits per heavy atom. The Hall–Kier alpha value is -2.20. The molecule has 0 aliphatic carbocycles. The van der Waals surface area contributed by atoms with Crippen molar-refractivity contribution in [1.82, 2.24) is 9.88 Å². The Morgan fingerprint density at radius 2 is 2.10 bits per heavy atom. The maximum atomic E-state index is 11.2. The van der Waals surface area contributed by atoms with E-state index in [0.29, 0.717) is 5.56 Å². The smallest absolute Gasteiger partial charge is 0.250 e. The lowest BCUT2D eigenvalue weighted by Crippen LogP contribution is -2.31. The summed E-state index contributed by atoms with van der Waals surface area (Å²) in [5, 5.41) is 0. The second-order valence-electron chi connectivity index (χ2n) is 5.14. The van der Waals surface area contributed by atoms with Gasteiger partial charge in [0.25, 0.3) is 0 Å². The first kappa shape index (κ1) is 12.8. The van der Waals surface area contributed by atoms with E-state index in [4.69, 9.17) is 5.73 Å². The summed E-state index contributed by atoms with van der Waals surface area (Å²) in [6.07, 6.45) is 2.50. The van der Waals surface area contributed by atoms with Gasteiger partial charge >= 0.3 is 0 Å². The molecule has 0 unspecified atom stereocenters. The molecule has 1 amide bonds. The third-order valence-electron chi connectivity index (χ3n) is 3.65. The van der Waals surface area contributed by atoms with Gasteiger partial charge in [0.2, 0.25) is 5.91 Å². The van der Waals surface area contributed by atoms with Crippen LogP contribution in [0.3, 0.4) is 0 Å². The summed E-state index contributed by atoms with van der Waals surface area (Å²) >= 11 is 0. The van der Waals surface area contributed by atoms with Gasteiger partial charge < -0.3 is 5.73 Å². The fourth-order valence-corrected chi connectivity index (χ4v) is 2.60. The minimum absolute atomic E-state index is 0.416. The molecule has 4 nitrogen and oxygen atoms in total. The van der Waals surface area contributed by atoms with Crippen LogP contribution in [0.2, 0.25) is 0 Å². The normalized spacial score (nSPS) is 14.8. The van der Waals surface area contributed by atoms with Gasteiger partial charge in [-0.15, -0.1) is 0 Å². The SMILES string of the molecule is NC(=O)c1cnc2c(c1)CN(Cc1ccccc1)CC2. The highest BCUT2D eigenvalue weighted by Crippen LogP contribution is 2.19. The molecular weight excluding hydrogens is 250 g/mol. The fraction of sp³-hybridized carbons (Fsp3) is 0.250. The number of carbonyl (C=O) groups excluding carboxylic acids is 1. The van der Waals surface area contributed by atoms with Crippen LogP contribution in [0.15, 0.2) is 42.6 Å². The number of hydrogen-bond donors (Lipinski definition) is 1. The molecule has 0 fully saturated rings. The molecule has 0 saturated carbocycles. The van der Waals surface area contributed by atoms with Crippen molar-refractivity contribution in [3.05, 3.63) is 65.0 Å². The molecule has 2 heterocycles. The Kier molecular flexibility index (Phi) is 3.48. The Bertz CT molecular complexity index is 625. The zero-order valence-corrected chi connectivity index (χ0v) is 11.2. The monoisotopic (exact) mass is 267 g/mol. The first-order valence-electron chi connectivity index (χ1n) is 6.76. The van der Waals surface area contributed by atoms with E-state index in [1.165, 1.54) is 5.56 Å². The van der Waals surface area contributed by atoms with Gasteiger partial charge in [-0.2, -0.15) is 0 Å². The van der Waals surface area contributed by atoms with E-state index in [0.717, 1.165) is 37.3 Å². The molecule has 0 atom stereocenters. The van der Waals surface area contributed by atoms with Crippen molar-refractivity contribution in [3.63, 3.8) is 0 Å². The summed E-state index contributed by atoms with van der Waals surface area (Å²) in [5.41, 5.74) is 9.30. The minimum Gasteiger partial charge on any atom is -0.366 e. The lowest BCUT2D eigenvalue weighted by molar-refractivity contribution is 0.0999. The average molecular weight is 267 g/mol. The van der Waals surface area contributed by atoms with E-state index in [2.05, 4.69) is 34.1 Å². The largest absolute Gasteiger partial charge is 0.366 e. The van der Waals surface area contributed by atoms with E-state index in [1.54, 1.807) is 6.20 Å². The fourth-order valence-electron chi connectivity index (χ4n) is 2.60. The standard InChI is InChI=1S/C16H17N3O/c17-16(20)13-8-14-11-19(7-6-15(14)18-9-13)10-12-4-2-1-3-5-12/h1-5,8-9H,6-7,10-11H2,(H2,17,20). The van der Waals surface area contributed by atoms with E-state index in [-0.39, 0.29) is 0 Å². The predicted octanol–water partition coefficient (Wildman–Crippen LogP) is 1.74. The second-order valence-corrected chi connectivity index (χ2v) is 5.14. The number of fused-ring (bicyclic) bond motifs is 1. The first-order valence-corrected chi connectivity index (χ1v) is 6.76. The number of nitrogens with two attached hydrogens (primary N) is 1. The molecule has 0 radical (unpaired) electrons. The number of hydrogen-bond acceptors (Lipinski definition) is 3. The van der Waals surface area contributed by atoms with E-state index in [9.17, 15) is 4.79 Å². The lowest BCUT2D eigenvalue weighted by Gasteiger charge is -2.28. The summed E-state index contributed by atoms with van der Waals surface area (Å²) in [4.78, 5) is 17.9. The summed E-state index contributed by atoms with van der Waals surface area (Å²) in [6, 6.07) is 12.3. The van der Waals surface area contributed by atoms with Crippen molar-refractivity contribution in [1.29, 1.82) is 0 Å².